The number of aliphatic imine (C=N–C) groups is 2. The van der Waals surface area contributed by atoms with Crippen molar-refractivity contribution in [2.45, 2.75) is 40.3 Å². The summed E-state index contributed by atoms with van der Waals surface area (Å²) in [6.07, 6.45) is 0.931. The second kappa shape index (κ2) is 5.57. The lowest BCUT2D eigenvalue weighted by molar-refractivity contribution is 0.669. The molecule has 1 heterocycles. The number of hydrogen-bond acceptors (Lipinski definition) is 4. The summed E-state index contributed by atoms with van der Waals surface area (Å²) in [5.41, 5.74) is 5.45. The van der Waals surface area contributed by atoms with Gasteiger partial charge in [0.15, 0.2) is 5.96 Å². The second-order valence-electron chi connectivity index (χ2n) is 2.24. The van der Waals surface area contributed by atoms with E-state index in [1.54, 1.807) is 0 Å². The van der Waals surface area contributed by atoms with E-state index in [2.05, 4.69) is 15.3 Å². The van der Waals surface area contributed by atoms with E-state index in [0.29, 0.717) is 5.96 Å². The van der Waals surface area contributed by atoms with Gasteiger partial charge in [-0.15, -0.1) is 0 Å². The maximum atomic E-state index is 5.45. The molecule has 0 aromatic rings. The lowest BCUT2D eigenvalue weighted by Crippen LogP contribution is -2.39. The predicted molar refractivity (Wildman–Crippen MR) is 53.3 cm³/mol. The van der Waals surface area contributed by atoms with Crippen LogP contribution in [0.1, 0.15) is 34.1 Å². The molecule has 12 heavy (non-hydrogen) atoms. The Morgan fingerprint density at radius 1 is 1.42 bits per heavy atom. The number of nitrogens with one attached hydrogen (secondary N) is 1. The molecule has 0 aromatic heterocycles. The van der Waals surface area contributed by atoms with E-state index in [1.807, 2.05) is 27.7 Å². The molecule has 1 rings (SSSR count). The van der Waals surface area contributed by atoms with Crippen LogP contribution in [0.15, 0.2) is 9.98 Å². The molecule has 0 spiro atoms. The molecule has 0 saturated carbocycles. The molecule has 4 nitrogen and oxygen atoms in total. The van der Waals surface area contributed by atoms with Crippen LogP contribution < -0.4 is 11.1 Å². The van der Waals surface area contributed by atoms with Gasteiger partial charge >= 0.3 is 0 Å². The van der Waals surface area contributed by atoms with Crippen molar-refractivity contribution in [3.63, 3.8) is 0 Å². The Balaban J connectivity index is 0.000000561. The summed E-state index contributed by atoms with van der Waals surface area (Å²) < 4.78 is 0. The molecule has 0 aromatic carbocycles. The third-order valence-electron chi connectivity index (χ3n) is 1.30. The van der Waals surface area contributed by atoms with Gasteiger partial charge in [-0.25, -0.2) is 9.98 Å². The Morgan fingerprint density at radius 3 is 2.42 bits per heavy atom. The van der Waals surface area contributed by atoms with Crippen molar-refractivity contribution in [1.29, 1.82) is 0 Å². The SMILES string of the molecule is CC.CCC1N=C(C)NC(N)=N1. The molecule has 1 unspecified atom stereocenters. The highest BCUT2D eigenvalue weighted by Gasteiger charge is 2.08. The van der Waals surface area contributed by atoms with Gasteiger partial charge in [0.05, 0.1) is 0 Å². The first-order valence-corrected chi connectivity index (χ1v) is 4.37. The van der Waals surface area contributed by atoms with Crippen LogP contribution in [0.3, 0.4) is 0 Å². The third kappa shape index (κ3) is 3.37. The standard InChI is InChI=1S/C6H12N4.C2H6/c1-3-5-8-4(2)9-6(7)10-5;1-2/h5H,3H2,1-2H3,(H3,7,8,9,10);1-2H3. The fraction of sp³-hybridized carbons (Fsp3) is 0.750. The van der Waals surface area contributed by atoms with E-state index in [1.165, 1.54) is 0 Å². The lowest BCUT2D eigenvalue weighted by atomic mass is 10.4. The van der Waals surface area contributed by atoms with Crippen LogP contribution in [0, 0.1) is 0 Å². The van der Waals surface area contributed by atoms with Gasteiger partial charge in [-0.3, -0.25) is 0 Å². The monoisotopic (exact) mass is 170 g/mol. The number of nitrogens with two attached hydrogens (primary N) is 1. The molecular weight excluding hydrogens is 152 g/mol. The molecule has 1 aliphatic heterocycles. The van der Waals surface area contributed by atoms with E-state index in [-0.39, 0.29) is 6.17 Å². The highest BCUT2D eigenvalue weighted by atomic mass is 15.2. The minimum Gasteiger partial charge on any atom is -0.370 e. The molecule has 0 amide bonds. The predicted octanol–water partition coefficient (Wildman–Crippen LogP) is 1.08. The normalized spacial score (nSPS) is 21.2. The zero-order valence-corrected chi connectivity index (χ0v) is 8.26. The average molecular weight is 170 g/mol. The summed E-state index contributed by atoms with van der Waals surface area (Å²) >= 11 is 0. The summed E-state index contributed by atoms with van der Waals surface area (Å²) in [6.45, 7) is 7.91. The van der Waals surface area contributed by atoms with Gasteiger partial charge in [0.2, 0.25) is 0 Å². The van der Waals surface area contributed by atoms with Crippen LogP contribution in [0.4, 0.5) is 0 Å². The fourth-order valence-corrected chi connectivity index (χ4v) is 0.845. The molecular formula is C8H18N4. The van der Waals surface area contributed by atoms with E-state index in [4.69, 9.17) is 5.73 Å². The van der Waals surface area contributed by atoms with Crippen LogP contribution in [-0.2, 0) is 0 Å². The number of amidine groups is 1. The van der Waals surface area contributed by atoms with Gasteiger partial charge in [-0.1, -0.05) is 20.8 Å². The van der Waals surface area contributed by atoms with E-state index >= 15 is 0 Å². The number of rotatable bonds is 1. The molecule has 0 saturated heterocycles. The Morgan fingerprint density at radius 2 is 2.00 bits per heavy atom. The van der Waals surface area contributed by atoms with Crippen molar-refractivity contribution in [1.82, 2.24) is 5.32 Å². The smallest absolute Gasteiger partial charge is 0.196 e. The van der Waals surface area contributed by atoms with Gasteiger partial charge in [0, 0.05) is 0 Å². The van der Waals surface area contributed by atoms with Crippen LogP contribution in [0.5, 0.6) is 0 Å². The average Bonchev–Trinajstić information content (AvgIpc) is 2.06. The summed E-state index contributed by atoms with van der Waals surface area (Å²) in [6, 6.07) is 0. The molecule has 0 radical (unpaired) electrons. The minimum absolute atomic E-state index is 0.0289. The van der Waals surface area contributed by atoms with Crippen molar-refractivity contribution in [2.24, 2.45) is 15.7 Å². The molecule has 70 valence electrons. The Labute approximate surface area is 74.0 Å². The maximum Gasteiger partial charge on any atom is 0.196 e. The van der Waals surface area contributed by atoms with Gasteiger partial charge in [-0.05, 0) is 13.3 Å². The van der Waals surface area contributed by atoms with E-state index < -0.39 is 0 Å². The van der Waals surface area contributed by atoms with E-state index in [0.717, 1.165) is 12.3 Å². The van der Waals surface area contributed by atoms with Crippen LogP contribution >= 0.6 is 0 Å². The first-order chi connectivity index (χ1) is 5.72. The van der Waals surface area contributed by atoms with Crippen molar-refractivity contribution >= 4 is 11.8 Å². The number of nitrogens with zero attached hydrogens (tertiary/aromatic N) is 2. The third-order valence-corrected chi connectivity index (χ3v) is 1.30. The quantitative estimate of drug-likeness (QED) is 0.618. The Bertz CT molecular complexity index is 165. The van der Waals surface area contributed by atoms with E-state index in [9.17, 15) is 0 Å². The molecule has 3 N–H and O–H groups in total. The zero-order chi connectivity index (χ0) is 9.56. The maximum absolute atomic E-state index is 5.45. The first-order valence-electron chi connectivity index (χ1n) is 4.37. The van der Waals surface area contributed by atoms with Crippen molar-refractivity contribution < 1.29 is 0 Å². The van der Waals surface area contributed by atoms with Gasteiger partial charge in [-0.2, -0.15) is 0 Å². The van der Waals surface area contributed by atoms with Crippen LogP contribution in [-0.4, -0.2) is 18.0 Å². The molecule has 0 aliphatic carbocycles. The molecule has 4 heteroatoms. The first kappa shape index (κ1) is 10.9. The summed E-state index contributed by atoms with van der Waals surface area (Å²) in [4.78, 5) is 8.24. The Hall–Kier alpha value is -1.06. The molecule has 1 atom stereocenters. The number of guanidine groups is 1. The minimum atomic E-state index is 0.0289. The molecule has 1 aliphatic rings. The van der Waals surface area contributed by atoms with Crippen molar-refractivity contribution in [3.05, 3.63) is 0 Å². The zero-order valence-electron chi connectivity index (χ0n) is 8.26. The highest BCUT2D eigenvalue weighted by molar-refractivity contribution is 5.99. The van der Waals surface area contributed by atoms with Crippen LogP contribution in [0.2, 0.25) is 0 Å². The summed E-state index contributed by atoms with van der Waals surface area (Å²) in [7, 11) is 0. The van der Waals surface area contributed by atoms with Gasteiger partial charge < -0.3 is 11.1 Å². The second-order valence-corrected chi connectivity index (χ2v) is 2.24. The molecule has 0 fully saturated rings. The number of hydrogen-bond donors (Lipinski definition) is 2. The highest BCUT2D eigenvalue weighted by Crippen LogP contribution is 2.01. The van der Waals surface area contributed by atoms with Gasteiger partial charge in [0.1, 0.15) is 12.0 Å². The summed E-state index contributed by atoms with van der Waals surface area (Å²) in [5, 5.41) is 2.82. The lowest BCUT2D eigenvalue weighted by Gasteiger charge is -2.15. The molecule has 0 bridgehead atoms. The summed E-state index contributed by atoms with van der Waals surface area (Å²) in [5.74, 6) is 1.32. The largest absolute Gasteiger partial charge is 0.370 e. The topological polar surface area (TPSA) is 62.8 Å². The Kier molecular flexibility index (Phi) is 5.08. The van der Waals surface area contributed by atoms with Crippen LogP contribution in [0.25, 0.3) is 0 Å². The fourth-order valence-electron chi connectivity index (χ4n) is 0.845. The van der Waals surface area contributed by atoms with Gasteiger partial charge in [0.25, 0.3) is 0 Å². The van der Waals surface area contributed by atoms with Crippen molar-refractivity contribution in [3.8, 4) is 0 Å². The van der Waals surface area contributed by atoms with Crippen molar-refractivity contribution in [2.75, 3.05) is 0 Å².